The lowest BCUT2D eigenvalue weighted by molar-refractivity contribution is 0.0457. The van der Waals surface area contributed by atoms with E-state index in [-0.39, 0.29) is 24.1 Å². The number of nitrogens with zero attached hydrogens (tertiary/aromatic N) is 3. The number of halogens is 1. The summed E-state index contributed by atoms with van der Waals surface area (Å²) < 4.78 is 16.2. The molecule has 2 heterocycles. The molecule has 1 saturated heterocycles. The van der Waals surface area contributed by atoms with E-state index in [1.807, 2.05) is 0 Å². The van der Waals surface area contributed by atoms with Crippen molar-refractivity contribution >= 4 is 16.8 Å². The van der Waals surface area contributed by atoms with Gasteiger partial charge in [-0.25, -0.2) is 9.18 Å². The van der Waals surface area contributed by atoms with E-state index in [1.165, 1.54) is 29.5 Å². The predicted octanol–water partition coefficient (Wildman–Crippen LogP) is 2.82. The van der Waals surface area contributed by atoms with Crippen LogP contribution in [-0.4, -0.2) is 57.5 Å². The zero-order valence-electron chi connectivity index (χ0n) is 19.3. The van der Waals surface area contributed by atoms with Crippen molar-refractivity contribution in [3.05, 3.63) is 80.2 Å². The van der Waals surface area contributed by atoms with E-state index in [4.69, 9.17) is 0 Å². The fourth-order valence-corrected chi connectivity index (χ4v) is 4.92. The van der Waals surface area contributed by atoms with E-state index in [0.717, 1.165) is 25.4 Å². The number of aromatic amines is 1. The second-order valence-corrected chi connectivity index (χ2v) is 9.43. The zero-order chi connectivity index (χ0) is 23.8. The first-order valence-corrected chi connectivity index (χ1v) is 12.0. The number of benzene rings is 2. The van der Waals surface area contributed by atoms with Crippen LogP contribution in [0.25, 0.3) is 10.9 Å². The molecule has 1 aliphatic heterocycles. The second kappa shape index (κ2) is 9.18. The summed E-state index contributed by atoms with van der Waals surface area (Å²) in [5, 5.41) is 0.398. The van der Waals surface area contributed by atoms with Gasteiger partial charge in [0.1, 0.15) is 5.82 Å². The van der Waals surface area contributed by atoms with Crippen LogP contribution in [0.4, 0.5) is 4.39 Å². The number of nitrogens with one attached hydrogen (secondary N) is 1. The zero-order valence-corrected chi connectivity index (χ0v) is 19.3. The van der Waals surface area contributed by atoms with Crippen molar-refractivity contribution in [2.75, 3.05) is 26.2 Å². The van der Waals surface area contributed by atoms with E-state index in [0.29, 0.717) is 29.6 Å². The fraction of sp³-hybridized carbons (Fsp3) is 0.423. The average molecular weight is 465 g/mol. The number of hydrogen-bond donors (Lipinski definition) is 1. The largest absolute Gasteiger partial charge is 0.336 e. The van der Waals surface area contributed by atoms with Gasteiger partial charge in [0.15, 0.2) is 0 Å². The molecule has 178 valence electrons. The van der Waals surface area contributed by atoms with E-state index in [2.05, 4.69) is 16.8 Å². The molecule has 8 heteroatoms. The molecule has 7 nitrogen and oxygen atoms in total. The Hall–Kier alpha value is -3.26. The summed E-state index contributed by atoms with van der Waals surface area (Å²) in [6.07, 6.45) is 3.53. The fourth-order valence-electron chi connectivity index (χ4n) is 4.92. The Bertz CT molecular complexity index is 1340. The van der Waals surface area contributed by atoms with Gasteiger partial charge in [-0.1, -0.05) is 25.1 Å². The molecule has 1 saturated carbocycles. The van der Waals surface area contributed by atoms with E-state index < -0.39 is 17.1 Å². The van der Waals surface area contributed by atoms with Gasteiger partial charge < -0.3 is 4.90 Å². The number of carbonyl (C=O) groups is 1. The van der Waals surface area contributed by atoms with Gasteiger partial charge in [0.05, 0.1) is 23.0 Å². The number of hydrogen-bond acceptors (Lipinski definition) is 4. The topological polar surface area (TPSA) is 78.4 Å². The number of amides is 1. The van der Waals surface area contributed by atoms with Crippen LogP contribution in [0.3, 0.4) is 0 Å². The highest BCUT2D eigenvalue weighted by Crippen LogP contribution is 2.31. The van der Waals surface area contributed by atoms with Crippen LogP contribution in [0.15, 0.2) is 52.1 Å². The lowest BCUT2D eigenvalue weighted by Gasteiger charge is -2.41. The Morgan fingerprint density at radius 1 is 1.12 bits per heavy atom. The molecule has 1 aliphatic carbocycles. The first-order valence-electron chi connectivity index (χ1n) is 12.0. The second-order valence-electron chi connectivity index (χ2n) is 9.43. The first-order chi connectivity index (χ1) is 16.4. The van der Waals surface area contributed by atoms with Crippen LogP contribution in [-0.2, 0) is 6.54 Å². The molecule has 1 amide bonds. The summed E-state index contributed by atoms with van der Waals surface area (Å²) in [6.45, 7) is 5.31. The summed E-state index contributed by atoms with van der Waals surface area (Å²) >= 11 is 0. The van der Waals surface area contributed by atoms with Crippen molar-refractivity contribution in [2.45, 2.75) is 38.8 Å². The Labute approximate surface area is 196 Å². The Balaban J connectivity index is 1.39. The number of carbonyl (C=O) groups excluding carboxylic acids is 1. The molecule has 5 rings (SSSR count). The van der Waals surface area contributed by atoms with E-state index in [1.54, 1.807) is 35.2 Å². The van der Waals surface area contributed by atoms with Gasteiger partial charge >= 0.3 is 5.69 Å². The maximum atomic E-state index is 14.8. The van der Waals surface area contributed by atoms with Gasteiger partial charge in [0.2, 0.25) is 0 Å². The van der Waals surface area contributed by atoms with Gasteiger partial charge in [0.25, 0.3) is 11.5 Å². The van der Waals surface area contributed by atoms with Crippen LogP contribution in [0.1, 0.15) is 42.1 Å². The number of H-pyrrole nitrogens is 1. The molecule has 0 unspecified atom stereocenters. The molecular weight excluding hydrogens is 435 g/mol. The highest BCUT2D eigenvalue weighted by molar-refractivity contribution is 5.94. The highest BCUT2D eigenvalue weighted by Gasteiger charge is 2.33. The molecule has 1 aromatic heterocycles. The lowest BCUT2D eigenvalue weighted by Crippen LogP contribution is -2.55. The van der Waals surface area contributed by atoms with Crippen molar-refractivity contribution in [3.63, 3.8) is 0 Å². The molecule has 0 bridgehead atoms. The molecule has 0 radical (unpaired) electrons. The van der Waals surface area contributed by atoms with Crippen molar-refractivity contribution < 1.29 is 9.18 Å². The summed E-state index contributed by atoms with van der Waals surface area (Å²) in [4.78, 5) is 44.5. The van der Waals surface area contributed by atoms with Crippen LogP contribution in [0.5, 0.6) is 0 Å². The Kier molecular flexibility index (Phi) is 6.08. The SMILES string of the molecule is CC[C@H]1CN(C(=O)c2cc(Cn3c(=O)[nH]c(=O)c4ccccc43)ccc2F)CCN1CC1CC1. The molecule has 2 aliphatic rings. The number of para-hydroxylation sites is 1. The van der Waals surface area contributed by atoms with Gasteiger partial charge in [-0.15, -0.1) is 0 Å². The van der Waals surface area contributed by atoms with Gasteiger partial charge in [-0.05, 0) is 55.0 Å². The quantitative estimate of drug-likeness (QED) is 0.609. The molecule has 0 spiro atoms. The minimum atomic E-state index is -0.569. The maximum absolute atomic E-state index is 14.8. The standard InChI is InChI=1S/C26H29FN4O3/c1-2-19-16-30(12-11-29(19)14-17-7-8-17)25(33)21-13-18(9-10-22(21)27)15-31-23-6-4-3-5-20(23)24(32)28-26(31)34/h3-6,9-10,13,17,19H,2,7-8,11-12,14-16H2,1H3,(H,28,32,34)/t19-/m0/s1. The molecule has 2 fully saturated rings. The number of aromatic nitrogens is 2. The molecule has 1 atom stereocenters. The van der Waals surface area contributed by atoms with Gasteiger partial charge in [-0.3, -0.25) is 24.0 Å². The molecular formula is C26H29FN4O3. The van der Waals surface area contributed by atoms with Crippen LogP contribution < -0.4 is 11.2 Å². The number of rotatable bonds is 6. The normalized spacial score (nSPS) is 19.0. The van der Waals surface area contributed by atoms with Gasteiger partial charge in [-0.2, -0.15) is 0 Å². The third-order valence-electron chi connectivity index (χ3n) is 7.06. The van der Waals surface area contributed by atoms with Crippen molar-refractivity contribution in [1.82, 2.24) is 19.4 Å². The Morgan fingerprint density at radius 3 is 2.68 bits per heavy atom. The predicted molar refractivity (Wildman–Crippen MR) is 129 cm³/mol. The van der Waals surface area contributed by atoms with E-state index >= 15 is 0 Å². The van der Waals surface area contributed by atoms with Crippen molar-refractivity contribution in [3.8, 4) is 0 Å². The summed E-state index contributed by atoms with van der Waals surface area (Å²) in [5.74, 6) is -0.0960. The van der Waals surface area contributed by atoms with Crippen LogP contribution in [0, 0.1) is 11.7 Å². The summed E-state index contributed by atoms with van der Waals surface area (Å²) in [5.41, 5.74) is 0.135. The average Bonchev–Trinajstić information content (AvgIpc) is 3.66. The minimum absolute atomic E-state index is 0.0183. The molecule has 1 N–H and O–H groups in total. The number of piperazine rings is 1. The third kappa shape index (κ3) is 4.42. The molecule has 2 aromatic carbocycles. The highest BCUT2D eigenvalue weighted by atomic mass is 19.1. The monoisotopic (exact) mass is 464 g/mol. The van der Waals surface area contributed by atoms with Crippen LogP contribution >= 0.6 is 0 Å². The lowest BCUT2D eigenvalue weighted by atomic mass is 10.0. The molecule has 34 heavy (non-hydrogen) atoms. The van der Waals surface area contributed by atoms with Crippen LogP contribution in [0.2, 0.25) is 0 Å². The van der Waals surface area contributed by atoms with Crippen molar-refractivity contribution in [1.29, 1.82) is 0 Å². The third-order valence-corrected chi connectivity index (χ3v) is 7.06. The maximum Gasteiger partial charge on any atom is 0.329 e. The Morgan fingerprint density at radius 2 is 1.91 bits per heavy atom. The van der Waals surface area contributed by atoms with Crippen molar-refractivity contribution in [2.24, 2.45) is 5.92 Å². The van der Waals surface area contributed by atoms with E-state index in [9.17, 15) is 18.8 Å². The summed E-state index contributed by atoms with van der Waals surface area (Å²) in [6, 6.07) is 11.5. The minimum Gasteiger partial charge on any atom is -0.336 e. The molecule has 3 aromatic rings. The first kappa shape index (κ1) is 22.5. The summed E-state index contributed by atoms with van der Waals surface area (Å²) in [7, 11) is 0. The number of fused-ring (bicyclic) bond motifs is 1. The smallest absolute Gasteiger partial charge is 0.329 e. The van der Waals surface area contributed by atoms with Gasteiger partial charge in [0, 0.05) is 32.2 Å².